The molecule has 16 heavy (non-hydrogen) atoms. The van der Waals surface area contributed by atoms with Crippen LogP contribution in [0.2, 0.25) is 0 Å². The zero-order valence-electron chi connectivity index (χ0n) is 8.95. The van der Waals surface area contributed by atoms with Crippen LogP contribution in [0.5, 0.6) is 0 Å². The molecular formula is C11H14N4O. The maximum atomic E-state index is 8.71. The van der Waals surface area contributed by atoms with Crippen molar-refractivity contribution in [2.24, 2.45) is 0 Å². The van der Waals surface area contributed by atoms with E-state index < -0.39 is 0 Å². The molecule has 0 spiro atoms. The number of pyridine rings is 1. The van der Waals surface area contributed by atoms with Gasteiger partial charge in [-0.2, -0.15) is 0 Å². The fraction of sp³-hybridized carbons (Fsp3) is 0.364. The second kappa shape index (κ2) is 5.37. The summed E-state index contributed by atoms with van der Waals surface area (Å²) >= 11 is 0. The second-order valence-electron chi connectivity index (χ2n) is 3.59. The fourth-order valence-corrected chi connectivity index (χ4v) is 1.47. The van der Waals surface area contributed by atoms with Gasteiger partial charge in [0.1, 0.15) is 0 Å². The summed E-state index contributed by atoms with van der Waals surface area (Å²) in [4.78, 5) is 3.96. The molecule has 0 aliphatic heterocycles. The van der Waals surface area contributed by atoms with Gasteiger partial charge < -0.3 is 5.11 Å². The summed E-state index contributed by atoms with van der Waals surface area (Å²) in [6, 6.07) is 3.91. The van der Waals surface area contributed by atoms with Crippen LogP contribution in [0.1, 0.15) is 17.7 Å². The summed E-state index contributed by atoms with van der Waals surface area (Å²) in [5, 5.41) is 16.8. The van der Waals surface area contributed by atoms with Gasteiger partial charge in [-0.1, -0.05) is 5.21 Å². The number of rotatable bonds is 5. The van der Waals surface area contributed by atoms with Crippen LogP contribution in [-0.2, 0) is 13.0 Å². The lowest BCUT2D eigenvalue weighted by molar-refractivity contribution is 0.288. The zero-order valence-corrected chi connectivity index (χ0v) is 8.95. The van der Waals surface area contributed by atoms with Crippen LogP contribution in [0.25, 0.3) is 0 Å². The largest absolute Gasteiger partial charge is 0.396 e. The molecule has 0 unspecified atom stereocenters. The molecule has 2 rings (SSSR count). The van der Waals surface area contributed by atoms with Gasteiger partial charge in [-0.15, -0.1) is 5.10 Å². The average molecular weight is 218 g/mol. The van der Waals surface area contributed by atoms with E-state index in [1.165, 1.54) is 0 Å². The number of aliphatic hydroxyl groups is 1. The molecule has 0 radical (unpaired) electrons. The van der Waals surface area contributed by atoms with Crippen molar-refractivity contribution in [2.45, 2.75) is 19.4 Å². The van der Waals surface area contributed by atoms with Crippen molar-refractivity contribution in [3.8, 4) is 0 Å². The molecule has 2 aromatic heterocycles. The van der Waals surface area contributed by atoms with Crippen LogP contribution >= 0.6 is 0 Å². The van der Waals surface area contributed by atoms with Crippen LogP contribution in [0, 0.1) is 0 Å². The third-order valence-corrected chi connectivity index (χ3v) is 2.27. The topological polar surface area (TPSA) is 63.8 Å². The molecule has 0 saturated heterocycles. The highest BCUT2D eigenvalue weighted by Gasteiger charge is 2.00. The Morgan fingerprint density at radius 2 is 2.06 bits per heavy atom. The Morgan fingerprint density at radius 1 is 1.25 bits per heavy atom. The smallest absolute Gasteiger partial charge is 0.0828 e. The number of hydrogen-bond donors (Lipinski definition) is 1. The van der Waals surface area contributed by atoms with Crippen LogP contribution in [0.4, 0.5) is 0 Å². The fourth-order valence-electron chi connectivity index (χ4n) is 1.47. The average Bonchev–Trinajstić information content (AvgIpc) is 2.75. The van der Waals surface area contributed by atoms with Crippen molar-refractivity contribution >= 4 is 0 Å². The summed E-state index contributed by atoms with van der Waals surface area (Å²) in [7, 11) is 0. The standard InChI is InChI=1S/C11H14N4O/c16-7-1-2-11-9-15(14-13-11)8-10-3-5-12-6-4-10/h3-6,9,16H,1-2,7-8H2. The molecule has 0 saturated carbocycles. The highest BCUT2D eigenvalue weighted by Crippen LogP contribution is 2.02. The molecular weight excluding hydrogens is 204 g/mol. The Balaban J connectivity index is 1.97. The zero-order chi connectivity index (χ0) is 11.2. The van der Waals surface area contributed by atoms with E-state index in [4.69, 9.17) is 5.11 Å². The van der Waals surface area contributed by atoms with E-state index in [9.17, 15) is 0 Å². The lowest BCUT2D eigenvalue weighted by Crippen LogP contribution is -2.00. The predicted octanol–water partition coefficient (Wildman–Crippen LogP) is 0.646. The maximum absolute atomic E-state index is 8.71. The van der Waals surface area contributed by atoms with Crippen molar-refractivity contribution in [3.63, 3.8) is 0 Å². The minimum Gasteiger partial charge on any atom is -0.396 e. The Morgan fingerprint density at radius 3 is 2.81 bits per heavy atom. The highest BCUT2D eigenvalue weighted by atomic mass is 16.2. The maximum Gasteiger partial charge on any atom is 0.0828 e. The van der Waals surface area contributed by atoms with Crippen molar-refractivity contribution in [1.29, 1.82) is 0 Å². The van der Waals surface area contributed by atoms with Gasteiger partial charge in [0.2, 0.25) is 0 Å². The van der Waals surface area contributed by atoms with Crippen molar-refractivity contribution in [1.82, 2.24) is 20.0 Å². The van der Waals surface area contributed by atoms with E-state index in [-0.39, 0.29) is 6.61 Å². The molecule has 1 N–H and O–H groups in total. The molecule has 5 heteroatoms. The number of aliphatic hydroxyl groups excluding tert-OH is 1. The van der Waals surface area contributed by atoms with Gasteiger partial charge in [-0.3, -0.25) is 4.98 Å². The molecule has 84 valence electrons. The van der Waals surface area contributed by atoms with Gasteiger partial charge >= 0.3 is 0 Å². The number of aryl methyl sites for hydroxylation is 1. The third kappa shape index (κ3) is 2.87. The molecule has 0 fully saturated rings. The summed E-state index contributed by atoms with van der Waals surface area (Å²) in [5.41, 5.74) is 2.07. The van der Waals surface area contributed by atoms with Crippen molar-refractivity contribution in [3.05, 3.63) is 42.0 Å². The lowest BCUT2D eigenvalue weighted by atomic mass is 10.2. The van der Waals surface area contributed by atoms with Crippen LogP contribution in [0.3, 0.4) is 0 Å². The van der Waals surface area contributed by atoms with Crippen LogP contribution in [0.15, 0.2) is 30.7 Å². The van der Waals surface area contributed by atoms with E-state index in [0.717, 1.165) is 24.1 Å². The van der Waals surface area contributed by atoms with Crippen molar-refractivity contribution < 1.29 is 5.11 Å². The summed E-state index contributed by atoms with van der Waals surface area (Å²) in [5.74, 6) is 0. The van der Waals surface area contributed by atoms with E-state index in [2.05, 4.69) is 15.3 Å². The SMILES string of the molecule is OCCCc1cn(Cc2ccncc2)nn1. The van der Waals surface area contributed by atoms with E-state index >= 15 is 0 Å². The molecule has 2 aromatic rings. The number of nitrogens with zero attached hydrogens (tertiary/aromatic N) is 4. The number of hydrogen-bond acceptors (Lipinski definition) is 4. The monoisotopic (exact) mass is 218 g/mol. The lowest BCUT2D eigenvalue weighted by Gasteiger charge is -1.98. The second-order valence-corrected chi connectivity index (χ2v) is 3.59. The van der Waals surface area contributed by atoms with Gasteiger partial charge in [0.05, 0.1) is 12.2 Å². The molecule has 0 aromatic carbocycles. The van der Waals surface area contributed by atoms with Gasteiger partial charge in [-0.25, -0.2) is 4.68 Å². The first-order valence-electron chi connectivity index (χ1n) is 5.27. The van der Waals surface area contributed by atoms with Crippen LogP contribution < -0.4 is 0 Å². The first-order chi connectivity index (χ1) is 7.88. The molecule has 0 aliphatic carbocycles. The quantitative estimate of drug-likeness (QED) is 0.800. The molecule has 0 bridgehead atoms. The minimum absolute atomic E-state index is 0.192. The Bertz CT molecular complexity index is 427. The molecule has 0 amide bonds. The van der Waals surface area contributed by atoms with Gasteiger partial charge in [0, 0.05) is 25.2 Å². The third-order valence-electron chi connectivity index (χ3n) is 2.27. The van der Waals surface area contributed by atoms with Gasteiger partial charge in [0.15, 0.2) is 0 Å². The molecule has 2 heterocycles. The molecule has 5 nitrogen and oxygen atoms in total. The summed E-state index contributed by atoms with van der Waals surface area (Å²) in [6.07, 6.45) is 6.94. The van der Waals surface area contributed by atoms with Crippen molar-refractivity contribution in [2.75, 3.05) is 6.61 Å². The predicted molar refractivity (Wildman–Crippen MR) is 58.8 cm³/mol. The first kappa shape index (κ1) is 10.8. The van der Waals surface area contributed by atoms with Gasteiger partial charge in [-0.05, 0) is 30.5 Å². The molecule has 0 atom stereocenters. The summed E-state index contributed by atoms with van der Waals surface area (Å²) < 4.78 is 1.79. The number of aromatic nitrogens is 4. The van der Waals surface area contributed by atoms with E-state index in [1.807, 2.05) is 18.3 Å². The summed E-state index contributed by atoms with van der Waals surface area (Å²) in [6.45, 7) is 0.895. The highest BCUT2D eigenvalue weighted by molar-refractivity contribution is 5.10. The minimum atomic E-state index is 0.192. The molecule has 0 aliphatic rings. The Kier molecular flexibility index (Phi) is 3.61. The van der Waals surface area contributed by atoms with Crippen LogP contribution in [-0.4, -0.2) is 31.7 Å². The van der Waals surface area contributed by atoms with Gasteiger partial charge in [0.25, 0.3) is 0 Å². The normalized spacial score (nSPS) is 10.6. The Labute approximate surface area is 93.8 Å². The van der Waals surface area contributed by atoms with E-state index in [0.29, 0.717) is 6.54 Å². The first-order valence-corrected chi connectivity index (χ1v) is 5.27. The van der Waals surface area contributed by atoms with E-state index in [1.54, 1.807) is 17.1 Å². The Hall–Kier alpha value is -1.75.